The zero-order valence-electron chi connectivity index (χ0n) is 40.3. The molecule has 0 heterocycles. The zero-order valence-corrected chi connectivity index (χ0v) is 40.3. The summed E-state index contributed by atoms with van der Waals surface area (Å²) in [5.41, 5.74) is 0. The summed E-state index contributed by atoms with van der Waals surface area (Å²) in [4.78, 5) is 12.4. The summed E-state index contributed by atoms with van der Waals surface area (Å²) >= 11 is 0. The van der Waals surface area contributed by atoms with E-state index in [0.29, 0.717) is 6.42 Å². The molecule has 0 aliphatic rings. The molecule has 4 nitrogen and oxygen atoms in total. The predicted octanol–water partition coefficient (Wildman–Crippen LogP) is 17.5. The lowest BCUT2D eigenvalue weighted by atomic mass is 10.0. The maximum absolute atomic E-state index is 12.4. The molecular weight excluding hydrogens is 723 g/mol. The van der Waals surface area contributed by atoms with Crippen LogP contribution in [-0.2, 0) is 4.79 Å². The number of carbonyl (C=O) groups is 1. The smallest absolute Gasteiger partial charge is 0.220 e. The predicted molar refractivity (Wildman–Crippen MR) is 262 cm³/mol. The van der Waals surface area contributed by atoms with E-state index in [9.17, 15) is 15.0 Å². The van der Waals surface area contributed by atoms with Crippen molar-refractivity contribution in [3.8, 4) is 0 Å². The van der Waals surface area contributed by atoms with Crippen molar-refractivity contribution in [1.29, 1.82) is 0 Å². The molecule has 0 radical (unpaired) electrons. The molecule has 0 aromatic rings. The van der Waals surface area contributed by atoms with Crippen LogP contribution >= 0.6 is 0 Å². The molecule has 2 unspecified atom stereocenters. The summed E-state index contributed by atoms with van der Waals surface area (Å²) in [6.07, 6.45) is 67.9. The third-order valence-electron chi connectivity index (χ3n) is 12.7. The van der Waals surface area contributed by atoms with Gasteiger partial charge in [0.15, 0.2) is 0 Å². The number of aliphatic hydroxyl groups is 2. The molecule has 1 amide bonds. The first kappa shape index (κ1) is 57.9. The first-order valence-corrected chi connectivity index (χ1v) is 27.1. The van der Waals surface area contributed by atoms with Gasteiger partial charge in [-0.3, -0.25) is 4.79 Å². The highest BCUT2D eigenvalue weighted by atomic mass is 16.3. The number of hydrogen-bond donors (Lipinski definition) is 3. The van der Waals surface area contributed by atoms with Gasteiger partial charge in [-0.2, -0.15) is 0 Å². The van der Waals surface area contributed by atoms with E-state index >= 15 is 0 Å². The third-order valence-corrected chi connectivity index (χ3v) is 12.7. The number of nitrogens with one attached hydrogen (secondary N) is 1. The Bertz CT molecular complexity index is 855. The Hall–Kier alpha value is -1.13. The summed E-state index contributed by atoms with van der Waals surface area (Å²) in [6.45, 7) is 4.31. The van der Waals surface area contributed by atoms with Gasteiger partial charge in [0.25, 0.3) is 0 Å². The van der Waals surface area contributed by atoms with Gasteiger partial charge >= 0.3 is 0 Å². The van der Waals surface area contributed by atoms with Crippen molar-refractivity contribution in [3.05, 3.63) is 24.3 Å². The van der Waals surface area contributed by atoms with Gasteiger partial charge in [0, 0.05) is 6.42 Å². The Kier molecular flexibility index (Phi) is 50.2. The van der Waals surface area contributed by atoms with Crippen LogP contribution in [0, 0.1) is 0 Å². The molecule has 0 spiro atoms. The van der Waals surface area contributed by atoms with Crippen LogP contribution in [0.15, 0.2) is 24.3 Å². The maximum atomic E-state index is 12.4. The Morgan fingerprint density at radius 3 is 0.932 bits per heavy atom. The Morgan fingerprint density at radius 2 is 0.644 bits per heavy atom. The van der Waals surface area contributed by atoms with E-state index in [1.807, 2.05) is 6.08 Å². The quantitative estimate of drug-likeness (QED) is 0.0422. The van der Waals surface area contributed by atoms with Crippen LogP contribution in [0.25, 0.3) is 0 Å². The zero-order chi connectivity index (χ0) is 42.8. The molecule has 0 fully saturated rings. The number of hydrogen-bond acceptors (Lipinski definition) is 3. The molecule has 2 atom stereocenters. The van der Waals surface area contributed by atoms with Gasteiger partial charge < -0.3 is 15.5 Å². The number of carbonyl (C=O) groups excluding carboxylic acids is 1. The summed E-state index contributed by atoms with van der Waals surface area (Å²) in [5.74, 6) is -0.0605. The minimum Gasteiger partial charge on any atom is -0.394 e. The van der Waals surface area contributed by atoms with Gasteiger partial charge in [-0.1, -0.05) is 276 Å². The third kappa shape index (κ3) is 47.8. The van der Waals surface area contributed by atoms with Crippen LogP contribution in [0.4, 0.5) is 0 Å². The topological polar surface area (TPSA) is 69.6 Å². The first-order valence-electron chi connectivity index (χ1n) is 27.1. The van der Waals surface area contributed by atoms with Crippen LogP contribution in [0.3, 0.4) is 0 Å². The lowest BCUT2D eigenvalue weighted by molar-refractivity contribution is -0.123. The van der Waals surface area contributed by atoms with Crippen LogP contribution in [0.1, 0.15) is 303 Å². The molecule has 0 aliphatic heterocycles. The van der Waals surface area contributed by atoms with E-state index < -0.39 is 12.1 Å². The van der Waals surface area contributed by atoms with Gasteiger partial charge in [-0.15, -0.1) is 0 Å². The molecule has 3 N–H and O–H groups in total. The van der Waals surface area contributed by atoms with Crippen LogP contribution in [0.2, 0.25) is 0 Å². The standard InChI is InChI=1S/C55H107NO3/c1-3-5-7-9-11-13-15-16-17-18-19-20-21-22-23-24-25-26-27-28-29-30-31-32-33-34-35-36-37-38-39-40-41-43-45-47-49-51-55(59)56-53(52-57)54(58)50-48-46-44-42-14-12-10-8-6-4-2/h18-19,48,50,53-54,57-58H,3-17,20-47,49,51-52H2,1-2H3,(H,56,59)/b19-18-,50-48+. The Labute approximate surface area is 370 Å². The molecule has 0 saturated heterocycles. The average molecular weight is 830 g/mol. The van der Waals surface area contributed by atoms with Gasteiger partial charge in [0.05, 0.1) is 18.8 Å². The van der Waals surface area contributed by atoms with Crippen LogP contribution < -0.4 is 5.32 Å². The minimum atomic E-state index is -0.834. The summed E-state index contributed by atoms with van der Waals surface area (Å²) in [5, 5.41) is 23.0. The van der Waals surface area contributed by atoms with E-state index in [1.165, 1.54) is 257 Å². The second-order valence-corrected chi connectivity index (χ2v) is 18.7. The van der Waals surface area contributed by atoms with Gasteiger partial charge in [0.1, 0.15) is 0 Å². The highest BCUT2D eigenvalue weighted by molar-refractivity contribution is 5.76. The first-order chi connectivity index (χ1) is 29.2. The summed E-state index contributed by atoms with van der Waals surface area (Å²) < 4.78 is 0. The van der Waals surface area contributed by atoms with E-state index in [2.05, 4.69) is 31.3 Å². The normalized spacial score (nSPS) is 12.9. The minimum absolute atomic E-state index is 0.0605. The average Bonchev–Trinajstić information content (AvgIpc) is 3.24. The van der Waals surface area contributed by atoms with Crippen molar-refractivity contribution < 1.29 is 15.0 Å². The highest BCUT2D eigenvalue weighted by Gasteiger charge is 2.18. The highest BCUT2D eigenvalue weighted by Crippen LogP contribution is 2.17. The SMILES string of the molecule is CCCCCCCCCC/C=C\CCCCCCCCCCCCCCCCCCCCCCCCCCCC(=O)NC(CO)C(O)/C=C/CCCCCCCCCC. The molecule has 0 bridgehead atoms. The fourth-order valence-corrected chi connectivity index (χ4v) is 8.53. The lowest BCUT2D eigenvalue weighted by Gasteiger charge is -2.20. The number of aliphatic hydroxyl groups excluding tert-OH is 2. The van der Waals surface area contributed by atoms with Crippen molar-refractivity contribution >= 4 is 5.91 Å². The van der Waals surface area contributed by atoms with Crippen molar-refractivity contribution in [2.24, 2.45) is 0 Å². The molecule has 0 saturated carbocycles. The van der Waals surface area contributed by atoms with Crippen molar-refractivity contribution in [3.63, 3.8) is 0 Å². The van der Waals surface area contributed by atoms with Crippen LogP contribution in [0.5, 0.6) is 0 Å². The Balaban J connectivity index is 3.34. The number of rotatable bonds is 50. The molecular formula is C55H107NO3. The van der Waals surface area contributed by atoms with Crippen molar-refractivity contribution in [2.75, 3.05) is 6.61 Å². The summed E-state index contributed by atoms with van der Waals surface area (Å²) in [7, 11) is 0. The fourth-order valence-electron chi connectivity index (χ4n) is 8.53. The van der Waals surface area contributed by atoms with E-state index in [1.54, 1.807) is 6.08 Å². The largest absolute Gasteiger partial charge is 0.394 e. The van der Waals surface area contributed by atoms with E-state index in [0.717, 1.165) is 25.7 Å². The van der Waals surface area contributed by atoms with Crippen molar-refractivity contribution in [1.82, 2.24) is 5.32 Å². The molecule has 350 valence electrons. The monoisotopic (exact) mass is 830 g/mol. The van der Waals surface area contributed by atoms with Crippen LogP contribution in [-0.4, -0.2) is 34.9 Å². The van der Waals surface area contributed by atoms with E-state index in [4.69, 9.17) is 0 Å². The van der Waals surface area contributed by atoms with Crippen molar-refractivity contribution in [2.45, 2.75) is 315 Å². The lowest BCUT2D eigenvalue weighted by Crippen LogP contribution is -2.45. The molecule has 0 aliphatic carbocycles. The molecule has 0 aromatic heterocycles. The number of amides is 1. The number of allylic oxidation sites excluding steroid dienone is 3. The van der Waals surface area contributed by atoms with Gasteiger partial charge in [0.2, 0.25) is 5.91 Å². The maximum Gasteiger partial charge on any atom is 0.220 e. The number of unbranched alkanes of at least 4 members (excludes halogenated alkanes) is 41. The van der Waals surface area contributed by atoms with Gasteiger partial charge in [-0.05, 0) is 44.9 Å². The molecule has 59 heavy (non-hydrogen) atoms. The Morgan fingerprint density at radius 1 is 0.390 bits per heavy atom. The second kappa shape index (κ2) is 51.2. The molecule has 4 heteroatoms. The van der Waals surface area contributed by atoms with Gasteiger partial charge in [-0.25, -0.2) is 0 Å². The molecule has 0 aromatic carbocycles. The second-order valence-electron chi connectivity index (χ2n) is 18.7. The molecule has 0 rings (SSSR count). The fraction of sp³-hybridized carbons (Fsp3) is 0.909. The van der Waals surface area contributed by atoms with E-state index in [-0.39, 0.29) is 12.5 Å². The summed E-state index contributed by atoms with van der Waals surface area (Å²) in [6, 6.07) is -0.617.